The van der Waals surface area contributed by atoms with Crippen LogP contribution in [0.1, 0.15) is 17.4 Å². The predicted molar refractivity (Wildman–Crippen MR) is 99.5 cm³/mol. The second-order valence-corrected chi connectivity index (χ2v) is 5.86. The Morgan fingerprint density at radius 2 is 1.58 bits per heavy atom. The molecule has 0 saturated heterocycles. The van der Waals surface area contributed by atoms with Crippen molar-refractivity contribution in [3.05, 3.63) is 59.2 Å². The Labute approximate surface area is 154 Å². The number of hydrogen-bond acceptors (Lipinski definition) is 5. The first-order valence-electron chi connectivity index (χ1n) is 7.60. The molecule has 2 aromatic carbocycles. The number of anilines is 3. The third-order valence-corrected chi connectivity index (χ3v) is 3.71. The van der Waals surface area contributed by atoms with Crippen molar-refractivity contribution in [2.45, 2.75) is 6.92 Å². The molecule has 4 N–H and O–H groups in total. The van der Waals surface area contributed by atoms with Crippen LogP contribution in [0.25, 0.3) is 5.69 Å². The van der Waals surface area contributed by atoms with Crippen molar-refractivity contribution in [3.8, 4) is 5.69 Å². The van der Waals surface area contributed by atoms with Crippen molar-refractivity contribution in [1.82, 2.24) is 15.0 Å². The van der Waals surface area contributed by atoms with Gasteiger partial charge in [0.2, 0.25) is 5.91 Å². The third-order valence-electron chi connectivity index (χ3n) is 3.45. The number of benzene rings is 2. The van der Waals surface area contributed by atoms with Crippen molar-refractivity contribution < 1.29 is 9.59 Å². The van der Waals surface area contributed by atoms with Gasteiger partial charge >= 0.3 is 0 Å². The lowest BCUT2D eigenvalue weighted by molar-refractivity contribution is -0.114. The van der Waals surface area contributed by atoms with Gasteiger partial charge in [-0.05, 0) is 48.5 Å². The fourth-order valence-electron chi connectivity index (χ4n) is 2.25. The summed E-state index contributed by atoms with van der Waals surface area (Å²) in [6.07, 6.45) is 0. The maximum Gasteiger partial charge on any atom is 0.280 e. The van der Waals surface area contributed by atoms with Crippen LogP contribution in [0.3, 0.4) is 0 Å². The second-order valence-electron chi connectivity index (χ2n) is 5.42. The largest absolute Gasteiger partial charge is 0.382 e. The molecule has 0 atom stereocenters. The van der Waals surface area contributed by atoms with Gasteiger partial charge in [0.1, 0.15) is 0 Å². The van der Waals surface area contributed by atoms with Crippen molar-refractivity contribution in [3.63, 3.8) is 0 Å². The van der Waals surface area contributed by atoms with Crippen LogP contribution in [0.4, 0.5) is 17.2 Å². The monoisotopic (exact) mass is 370 g/mol. The Balaban J connectivity index is 1.76. The molecule has 0 bridgehead atoms. The van der Waals surface area contributed by atoms with Crippen LogP contribution in [0.5, 0.6) is 0 Å². The Kier molecular flexibility index (Phi) is 4.85. The summed E-state index contributed by atoms with van der Waals surface area (Å²) in [5.74, 6) is -0.553. The molecule has 9 heteroatoms. The summed E-state index contributed by atoms with van der Waals surface area (Å²) in [7, 11) is 0. The normalized spacial score (nSPS) is 10.4. The number of aromatic nitrogens is 3. The zero-order chi connectivity index (χ0) is 18.7. The van der Waals surface area contributed by atoms with Gasteiger partial charge in [-0.1, -0.05) is 16.8 Å². The first-order chi connectivity index (χ1) is 12.4. The smallest absolute Gasteiger partial charge is 0.280 e. The average molecular weight is 371 g/mol. The molecule has 3 aromatic rings. The molecule has 0 aliphatic rings. The van der Waals surface area contributed by atoms with E-state index in [1.165, 1.54) is 11.6 Å². The number of rotatable bonds is 4. The molecular formula is C17H15ClN6O2. The van der Waals surface area contributed by atoms with Crippen molar-refractivity contribution in [2.75, 3.05) is 16.4 Å². The van der Waals surface area contributed by atoms with Gasteiger partial charge in [0.15, 0.2) is 11.5 Å². The molecular weight excluding hydrogens is 356 g/mol. The lowest BCUT2D eigenvalue weighted by Crippen LogP contribution is -2.15. The second kappa shape index (κ2) is 7.24. The van der Waals surface area contributed by atoms with Gasteiger partial charge in [-0.2, -0.15) is 4.68 Å². The van der Waals surface area contributed by atoms with E-state index in [1.54, 1.807) is 48.5 Å². The van der Waals surface area contributed by atoms with Crippen LogP contribution in [0.15, 0.2) is 48.5 Å². The molecule has 0 radical (unpaired) electrons. The average Bonchev–Trinajstić information content (AvgIpc) is 2.98. The minimum absolute atomic E-state index is 0.00545. The van der Waals surface area contributed by atoms with E-state index in [0.717, 1.165) is 0 Å². The van der Waals surface area contributed by atoms with Gasteiger partial charge in [-0.3, -0.25) is 9.59 Å². The standard InChI is InChI=1S/C17H15ClN6O2/c1-10(25)20-12-4-6-13(7-5-12)21-17(26)15-16(19)24(23-22-15)14-8-2-11(18)3-9-14/h2-9H,19H2,1H3,(H,20,25)(H,21,26). The molecule has 3 rings (SSSR count). The van der Waals surface area contributed by atoms with Crippen LogP contribution in [-0.4, -0.2) is 26.8 Å². The van der Waals surface area contributed by atoms with E-state index < -0.39 is 5.91 Å². The quantitative estimate of drug-likeness (QED) is 0.653. The molecule has 26 heavy (non-hydrogen) atoms. The fourth-order valence-corrected chi connectivity index (χ4v) is 2.38. The van der Waals surface area contributed by atoms with E-state index >= 15 is 0 Å². The number of halogens is 1. The Morgan fingerprint density at radius 3 is 2.15 bits per heavy atom. The Hall–Kier alpha value is -3.39. The number of hydrogen-bond donors (Lipinski definition) is 3. The summed E-state index contributed by atoms with van der Waals surface area (Å²) in [4.78, 5) is 23.4. The lowest BCUT2D eigenvalue weighted by Gasteiger charge is -2.06. The fraction of sp³-hybridized carbons (Fsp3) is 0.0588. The van der Waals surface area contributed by atoms with E-state index in [1.807, 2.05) is 0 Å². The van der Waals surface area contributed by atoms with E-state index in [-0.39, 0.29) is 17.4 Å². The zero-order valence-electron chi connectivity index (χ0n) is 13.7. The highest BCUT2D eigenvalue weighted by Gasteiger charge is 2.18. The minimum atomic E-state index is -0.491. The van der Waals surface area contributed by atoms with E-state index in [2.05, 4.69) is 20.9 Å². The van der Waals surface area contributed by atoms with Crippen LogP contribution in [-0.2, 0) is 4.79 Å². The molecule has 0 fully saturated rings. The summed E-state index contributed by atoms with van der Waals surface area (Å²) >= 11 is 5.86. The molecule has 0 aliphatic carbocycles. The van der Waals surface area contributed by atoms with E-state index in [4.69, 9.17) is 17.3 Å². The molecule has 0 spiro atoms. The summed E-state index contributed by atoms with van der Waals surface area (Å²) in [6, 6.07) is 13.5. The molecule has 1 heterocycles. The van der Waals surface area contributed by atoms with E-state index in [9.17, 15) is 9.59 Å². The molecule has 1 aromatic heterocycles. The first kappa shape index (κ1) is 17.4. The van der Waals surface area contributed by atoms with Crippen LogP contribution in [0, 0.1) is 0 Å². The highest BCUT2D eigenvalue weighted by molar-refractivity contribution is 6.30. The molecule has 132 valence electrons. The summed E-state index contributed by atoms with van der Waals surface area (Å²) in [5, 5.41) is 13.7. The number of nitrogens with one attached hydrogen (secondary N) is 2. The summed E-state index contributed by atoms with van der Waals surface area (Å²) in [5.41, 5.74) is 7.81. The highest BCUT2D eigenvalue weighted by Crippen LogP contribution is 2.19. The topological polar surface area (TPSA) is 115 Å². The van der Waals surface area contributed by atoms with Gasteiger partial charge < -0.3 is 16.4 Å². The number of carbonyl (C=O) groups is 2. The Bertz CT molecular complexity index is 950. The number of nitrogens with two attached hydrogens (primary N) is 1. The van der Waals surface area contributed by atoms with Gasteiger partial charge in [0.05, 0.1) is 5.69 Å². The zero-order valence-corrected chi connectivity index (χ0v) is 14.5. The lowest BCUT2D eigenvalue weighted by atomic mass is 10.2. The van der Waals surface area contributed by atoms with Crippen LogP contribution in [0.2, 0.25) is 5.02 Å². The number of amides is 2. The number of nitrogen functional groups attached to an aromatic ring is 1. The molecule has 0 saturated carbocycles. The SMILES string of the molecule is CC(=O)Nc1ccc(NC(=O)c2nnn(-c3ccc(Cl)cc3)c2N)cc1. The van der Waals surface area contributed by atoms with Crippen molar-refractivity contribution in [2.24, 2.45) is 0 Å². The van der Waals surface area contributed by atoms with E-state index in [0.29, 0.717) is 22.1 Å². The molecule has 2 amide bonds. The first-order valence-corrected chi connectivity index (χ1v) is 7.98. The molecule has 8 nitrogen and oxygen atoms in total. The maximum absolute atomic E-state index is 12.4. The number of nitrogens with zero attached hydrogens (tertiary/aromatic N) is 3. The van der Waals surface area contributed by atoms with Gasteiger partial charge in [-0.25, -0.2) is 0 Å². The minimum Gasteiger partial charge on any atom is -0.382 e. The van der Waals surface area contributed by atoms with Crippen molar-refractivity contribution in [1.29, 1.82) is 0 Å². The molecule has 0 unspecified atom stereocenters. The molecule has 0 aliphatic heterocycles. The summed E-state index contributed by atoms with van der Waals surface area (Å²) < 4.78 is 1.35. The third kappa shape index (κ3) is 3.81. The highest BCUT2D eigenvalue weighted by atomic mass is 35.5. The Morgan fingerprint density at radius 1 is 1.00 bits per heavy atom. The van der Waals surface area contributed by atoms with Crippen LogP contribution >= 0.6 is 11.6 Å². The summed E-state index contributed by atoms with van der Waals surface area (Å²) in [6.45, 7) is 1.42. The van der Waals surface area contributed by atoms with Gasteiger partial charge in [-0.15, -0.1) is 5.10 Å². The maximum atomic E-state index is 12.4. The van der Waals surface area contributed by atoms with Crippen molar-refractivity contribution >= 4 is 40.6 Å². The van der Waals surface area contributed by atoms with Crippen LogP contribution < -0.4 is 16.4 Å². The predicted octanol–water partition coefficient (Wildman–Crippen LogP) is 2.71. The van der Waals surface area contributed by atoms with Gasteiger partial charge in [0, 0.05) is 23.3 Å². The number of carbonyl (C=O) groups excluding carboxylic acids is 2. The van der Waals surface area contributed by atoms with Gasteiger partial charge in [0.25, 0.3) is 5.91 Å².